The van der Waals surface area contributed by atoms with Gasteiger partial charge < -0.3 is 20.9 Å². The quantitative estimate of drug-likeness (QED) is 0.412. The van der Waals surface area contributed by atoms with E-state index in [2.05, 4.69) is 11.9 Å². The predicted octanol–water partition coefficient (Wildman–Crippen LogP) is 0.871. The van der Waals surface area contributed by atoms with E-state index in [9.17, 15) is 9.59 Å². The second kappa shape index (κ2) is 9.65. The van der Waals surface area contributed by atoms with Gasteiger partial charge in [0.1, 0.15) is 6.04 Å². The van der Waals surface area contributed by atoms with E-state index in [4.69, 9.17) is 15.6 Å². The first kappa shape index (κ1) is 15.4. The van der Waals surface area contributed by atoms with Crippen LogP contribution in [-0.4, -0.2) is 36.4 Å². The average molecular weight is 244 g/mol. The SMILES string of the molecule is C=CCCNC(=O)OCCCCC(N)C(=O)O. The number of hydrogen-bond acceptors (Lipinski definition) is 4. The number of rotatable bonds is 9. The Morgan fingerprint density at radius 3 is 2.76 bits per heavy atom. The van der Waals surface area contributed by atoms with Crippen LogP contribution in [0.3, 0.4) is 0 Å². The Morgan fingerprint density at radius 1 is 1.47 bits per heavy atom. The van der Waals surface area contributed by atoms with E-state index in [0.29, 0.717) is 32.2 Å². The molecule has 0 aromatic carbocycles. The van der Waals surface area contributed by atoms with Crippen molar-refractivity contribution >= 4 is 12.1 Å². The summed E-state index contributed by atoms with van der Waals surface area (Å²) in [7, 11) is 0. The van der Waals surface area contributed by atoms with E-state index in [1.54, 1.807) is 6.08 Å². The van der Waals surface area contributed by atoms with Crippen molar-refractivity contribution in [2.45, 2.75) is 31.7 Å². The molecule has 0 aromatic heterocycles. The average Bonchev–Trinajstić information content (AvgIpc) is 2.28. The van der Waals surface area contributed by atoms with Crippen LogP contribution in [0.1, 0.15) is 25.7 Å². The minimum Gasteiger partial charge on any atom is -0.480 e. The van der Waals surface area contributed by atoms with Crippen molar-refractivity contribution in [2.75, 3.05) is 13.2 Å². The lowest BCUT2D eigenvalue weighted by Crippen LogP contribution is -2.30. The zero-order valence-electron chi connectivity index (χ0n) is 9.85. The van der Waals surface area contributed by atoms with Gasteiger partial charge >= 0.3 is 12.1 Å². The van der Waals surface area contributed by atoms with Crippen LogP contribution in [0.25, 0.3) is 0 Å². The second-order valence-corrected chi connectivity index (χ2v) is 3.58. The van der Waals surface area contributed by atoms with Crippen LogP contribution in [0.4, 0.5) is 4.79 Å². The molecule has 1 amide bonds. The molecule has 6 heteroatoms. The highest BCUT2D eigenvalue weighted by molar-refractivity contribution is 5.72. The maximum absolute atomic E-state index is 11.0. The molecule has 0 rings (SSSR count). The highest BCUT2D eigenvalue weighted by Gasteiger charge is 2.10. The summed E-state index contributed by atoms with van der Waals surface area (Å²) in [4.78, 5) is 21.4. The topological polar surface area (TPSA) is 102 Å². The summed E-state index contributed by atoms with van der Waals surface area (Å²) in [6.07, 6.45) is 3.55. The molecule has 0 fully saturated rings. The van der Waals surface area contributed by atoms with E-state index in [1.165, 1.54) is 0 Å². The second-order valence-electron chi connectivity index (χ2n) is 3.58. The molecule has 6 nitrogen and oxygen atoms in total. The van der Waals surface area contributed by atoms with Crippen molar-refractivity contribution in [3.63, 3.8) is 0 Å². The number of alkyl carbamates (subject to hydrolysis) is 1. The van der Waals surface area contributed by atoms with Crippen molar-refractivity contribution in [3.05, 3.63) is 12.7 Å². The van der Waals surface area contributed by atoms with Gasteiger partial charge in [-0.2, -0.15) is 0 Å². The van der Waals surface area contributed by atoms with Crippen LogP contribution in [0, 0.1) is 0 Å². The molecule has 0 radical (unpaired) electrons. The zero-order chi connectivity index (χ0) is 13.1. The summed E-state index contributed by atoms with van der Waals surface area (Å²) in [5, 5.41) is 11.1. The first-order chi connectivity index (χ1) is 8.07. The molecule has 0 saturated heterocycles. The molecule has 0 aliphatic carbocycles. The van der Waals surface area contributed by atoms with E-state index in [-0.39, 0.29) is 6.61 Å². The molecule has 0 aliphatic heterocycles. The minimum atomic E-state index is -1.01. The van der Waals surface area contributed by atoms with Crippen LogP contribution in [0.5, 0.6) is 0 Å². The Labute approximate surface area is 101 Å². The molecule has 0 bridgehead atoms. The fraction of sp³-hybridized carbons (Fsp3) is 0.636. The van der Waals surface area contributed by atoms with E-state index < -0.39 is 18.1 Å². The van der Waals surface area contributed by atoms with Gasteiger partial charge in [-0.15, -0.1) is 6.58 Å². The Bertz CT molecular complexity index is 256. The first-order valence-electron chi connectivity index (χ1n) is 5.57. The normalized spacial score (nSPS) is 11.6. The standard InChI is InChI=1S/C11H20N2O4/c1-2-3-7-13-11(16)17-8-5-4-6-9(12)10(14)15/h2,9H,1,3-8,12H2,(H,13,16)(H,14,15). The summed E-state index contributed by atoms with van der Waals surface area (Å²) in [6, 6.07) is -0.837. The molecule has 0 saturated carbocycles. The summed E-state index contributed by atoms with van der Waals surface area (Å²) in [6.45, 7) is 4.30. The van der Waals surface area contributed by atoms with E-state index >= 15 is 0 Å². The van der Waals surface area contributed by atoms with Crippen LogP contribution >= 0.6 is 0 Å². The number of carboxylic acid groups (broad SMARTS) is 1. The number of carbonyl (C=O) groups excluding carboxylic acids is 1. The maximum atomic E-state index is 11.0. The lowest BCUT2D eigenvalue weighted by atomic mass is 10.1. The number of nitrogens with two attached hydrogens (primary N) is 1. The van der Waals surface area contributed by atoms with Crippen molar-refractivity contribution in [3.8, 4) is 0 Å². The third-order valence-corrected chi connectivity index (χ3v) is 2.08. The largest absolute Gasteiger partial charge is 0.480 e. The molecular weight excluding hydrogens is 224 g/mol. The summed E-state index contributed by atoms with van der Waals surface area (Å²) >= 11 is 0. The van der Waals surface area contributed by atoms with Gasteiger partial charge in [0, 0.05) is 6.54 Å². The van der Waals surface area contributed by atoms with Gasteiger partial charge in [0.2, 0.25) is 0 Å². The van der Waals surface area contributed by atoms with Crippen LogP contribution in [-0.2, 0) is 9.53 Å². The third-order valence-electron chi connectivity index (χ3n) is 2.08. The molecule has 4 N–H and O–H groups in total. The van der Waals surface area contributed by atoms with Crippen LogP contribution in [0.2, 0.25) is 0 Å². The van der Waals surface area contributed by atoms with Crippen LogP contribution in [0.15, 0.2) is 12.7 Å². The van der Waals surface area contributed by atoms with Gasteiger partial charge in [0.15, 0.2) is 0 Å². The summed E-state index contributed by atoms with van der Waals surface area (Å²) in [5.41, 5.74) is 5.31. The maximum Gasteiger partial charge on any atom is 0.407 e. The lowest BCUT2D eigenvalue weighted by molar-refractivity contribution is -0.138. The molecule has 1 unspecified atom stereocenters. The molecule has 0 heterocycles. The Hall–Kier alpha value is -1.56. The highest BCUT2D eigenvalue weighted by atomic mass is 16.5. The molecular formula is C11H20N2O4. The Balaban J connectivity index is 3.36. The monoisotopic (exact) mass is 244 g/mol. The van der Waals surface area contributed by atoms with Crippen molar-refractivity contribution in [1.82, 2.24) is 5.32 Å². The predicted molar refractivity (Wildman–Crippen MR) is 63.6 cm³/mol. The highest BCUT2D eigenvalue weighted by Crippen LogP contribution is 1.99. The summed E-state index contributed by atoms with van der Waals surface area (Å²) in [5.74, 6) is -1.01. The van der Waals surface area contributed by atoms with Crippen molar-refractivity contribution in [1.29, 1.82) is 0 Å². The van der Waals surface area contributed by atoms with Gasteiger partial charge in [0.25, 0.3) is 0 Å². The minimum absolute atomic E-state index is 0.270. The fourth-order valence-electron chi connectivity index (χ4n) is 1.08. The van der Waals surface area contributed by atoms with Gasteiger partial charge in [-0.25, -0.2) is 4.79 Å². The van der Waals surface area contributed by atoms with Gasteiger partial charge in [-0.3, -0.25) is 4.79 Å². The molecule has 0 aliphatic rings. The number of amides is 1. The number of nitrogens with one attached hydrogen (secondary N) is 1. The molecule has 0 aromatic rings. The zero-order valence-corrected chi connectivity index (χ0v) is 9.85. The van der Waals surface area contributed by atoms with Gasteiger partial charge in [-0.05, 0) is 25.7 Å². The van der Waals surface area contributed by atoms with E-state index in [0.717, 1.165) is 0 Å². The summed E-state index contributed by atoms with van der Waals surface area (Å²) < 4.78 is 4.86. The number of carbonyl (C=O) groups is 2. The first-order valence-corrected chi connectivity index (χ1v) is 5.57. The number of carboxylic acids is 1. The van der Waals surface area contributed by atoms with Gasteiger partial charge in [-0.1, -0.05) is 6.08 Å². The number of ether oxygens (including phenoxy) is 1. The lowest BCUT2D eigenvalue weighted by Gasteiger charge is -2.07. The molecule has 1 atom stereocenters. The smallest absolute Gasteiger partial charge is 0.407 e. The Kier molecular flexibility index (Phi) is 8.77. The number of hydrogen-bond donors (Lipinski definition) is 3. The van der Waals surface area contributed by atoms with Crippen molar-refractivity contribution < 1.29 is 19.4 Å². The number of aliphatic carboxylic acids is 1. The van der Waals surface area contributed by atoms with E-state index in [1.807, 2.05) is 0 Å². The molecule has 17 heavy (non-hydrogen) atoms. The molecule has 98 valence electrons. The van der Waals surface area contributed by atoms with Crippen molar-refractivity contribution in [2.24, 2.45) is 5.73 Å². The Morgan fingerprint density at radius 2 is 2.18 bits per heavy atom. The molecule has 0 spiro atoms. The third kappa shape index (κ3) is 9.37. The number of unbranched alkanes of at least 4 members (excludes halogenated alkanes) is 1. The fourth-order valence-corrected chi connectivity index (χ4v) is 1.08. The van der Waals surface area contributed by atoms with Gasteiger partial charge in [0.05, 0.1) is 6.61 Å². The van der Waals surface area contributed by atoms with Crippen LogP contribution < -0.4 is 11.1 Å².